The summed E-state index contributed by atoms with van der Waals surface area (Å²) in [6, 6.07) is 7.56. The number of hydrogen-bond donors (Lipinski definition) is 1. The van der Waals surface area contributed by atoms with E-state index in [4.69, 9.17) is 0 Å². The monoisotopic (exact) mass is 301 g/mol. The fraction of sp³-hybridized carbons (Fsp3) is 0.556. The van der Waals surface area contributed by atoms with Gasteiger partial charge in [-0.3, -0.25) is 4.79 Å². The summed E-state index contributed by atoms with van der Waals surface area (Å²) >= 11 is 0. The Hall–Kier alpha value is -1.84. The molecule has 1 aromatic carbocycles. The van der Waals surface area contributed by atoms with Crippen molar-refractivity contribution in [2.45, 2.75) is 45.4 Å². The normalized spacial score (nSPS) is 18.0. The maximum Gasteiger partial charge on any atom is 0.271 e. The lowest BCUT2D eigenvalue weighted by atomic mass is 9.85. The highest BCUT2D eigenvalue weighted by atomic mass is 16.2. The molecule has 1 amide bonds. The number of nitrogens with zero attached hydrogens (tertiary/aromatic N) is 2. The number of carbonyl (C=O) groups excluding carboxylic acids is 1. The summed E-state index contributed by atoms with van der Waals surface area (Å²) in [4.78, 5) is 14.1. The van der Waals surface area contributed by atoms with E-state index in [1.807, 2.05) is 43.3 Å². The highest BCUT2D eigenvalue weighted by Gasteiger charge is 2.17. The minimum atomic E-state index is -0.131. The third-order valence-electron chi connectivity index (χ3n) is 4.34. The first-order valence-corrected chi connectivity index (χ1v) is 8.23. The maximum atomic E-state index is 12.1. The van der Waals surface area contributed by atoms with Crippen LogP contribution in [-0.2, 0) is 0 Å². The van der Waals surface area contributed by atoms with Crippen LogP contribution in [0.25, 0.3) is 0 Å². The van der Waals surface area contributed by atoms with Gasteiger partial charge in [-0.05, 0) is 55.9 Å². The number of hydrazone groups is 1. The molecule has 4 nitrogen and oxygen atoms in total. The molecule has 2 rings (SSSR count). The van der Waals surface area contributed by atoms with Gasteiger partial charge in [-0.15, -0.1) is 0 Å². The Labute approximate surface area is 133 Å². The molecule has 1 fully saturated rings. The second-order valence-electron chi connectivity index (χ2n) is 6.29. The number of rotatable bonds is 5. The van der Waals surface area contributed by atoms with Gasteiger partial charge in [0.05, 0.1) is 0 Å². The number of amides is 1. The van der Waals surface area contributed by atoms with Crippen molar-refractivity contribution in [1.29, 1.82) is 0 Å². The highest BCUT2D eigenvalue weighted by molar-refractivity contribution is 5.95. The van der Waals surface area contributed by atoms with Gasteiger partial charge in [0.1, 0.15) is 0 Å². The molecule has 1 aromatic rings. The van der Waals surface area contributed by atoms with Crippen LogP contribution in [0, 0.1) is 5.92 Å². The number of carbonyl (C=O) groups is 1. The van der Waals surface area contributed by atoms with E-state index in [1.165, 1.54) is 25.7 Å². The summed E-state index contributed by atoms with van der Waals surface area (Å²) in [5, 5.41) is 4.32. The van der Waals surface area contributed by atoms with Crippen molar-refractivity contribution >= 4 is 17.3 Å². The minimum absolute atomic E-state index is 0.131. The fourth-order valence-electron chi connectivity index (χ4n) is 2.92. The lowest BCUT2D eigenvalue weighted by Crippen LogP contribution is -2.22. The number of benzene rings is 1. The largest absolute Gasteiger partial charge is 0.378 e. The van der Waals surface area contributed by atoms with Crippen LogP contribution in [0.3, 0.4) is 0 Å². The van der Waals surface area contributed by atoms with Crippen LogP contribution in [0.2, 0.25) is 0 Å². The smallest absolute Gasteiger partial charge is 0.271 e. The van der Waals surface area contributed by atoms with Crippen molar-refractivity contribution in [2.24, 2.45) is 11.0 Å². The van der Waals surface area contributed by atoms with Crippen molar-refractivity contribution in [3.8, 4) is 0 Å². The van der Waals surface area contributed by atoms with Gasteiger partial charge in [0.2, 0.25) is 0 Å². The standard InChI is InChI=1S/C18H27N3O/c1-4-5-14-6-10-16(11-7-14)19-20-18(22)15-8-12-17(13-9-15)21(2)3/h8-9,12-14H,4-7,10-11H2,1-3H3,(H,20,22). The molecule has 4 heteroatoms. The lowest BCUT2D eigenvalue weighted by Gasteiger charge is -2.22. The van der Waals surface area contributed by atoms with Gasteiger partial charge in [-0.2, -0.15) is 5.10 Å². The second-order valence-corrected chi connectivity index (χ2v) is 6.29. The van der Waals surface area contributed by atoms with Crippen LogP contribution in [0.4, 0.5) is 5.69 Å². The van der Waals surface area contributed by atoms with Gasteiger partial charge in [-0.25, -0.2) is 5.43 Å². The molecule has 0 bridgehead atoms. The molecular formula is C18H27N3O. The Morgan fingerprint density at radius 2 is 1.86 bits per heavy atom. The molecule has 0 saturated heterocycles. The Balaban J connectivity index is 1.86. The molecule has 1 aliphatic carbocycles. The van der Waals surface area contributed by atoms with E-state index in [-0.39, 0.29) is 5.91 Å². The van der Waals surface area contributed by atoms with Gasteiger partial charge in [-0.1, -0.05) is 19.8 Å². The molecule has 1 aliphatic rings. The van der Waals surface area contributed by atoms with Crippen LogP contribution in [0.1, 0.15) is 55.8 Å². The van der Waals surface area contributed by atoms with Crippen LogP contribution in [-0.4, -0.2) is 25.7 Å². The van der Waals surface area contributed by atoms with E-state index in [0.29, 0.717) is 5.56 Å². The van der Waals surface area contributed by atoms with Crippen molar-refractivity contribution in [3.05, 3.63) is 29.8 Å². The summed E-state index contributed by atoms with van der Waals surface area (Å²) in [6.07, 6.45) is 7.03. The Morgan fingerprint density at radius 1 is 1.23 bits per heavy atom. The SMILES string of the molecule is CCCC1CCC(=NNC(=O)c2ccc(N(C)C)cc2)CC1. The Bertz CT molecular complexity index is 510. The second kappa shape index (κ2) is 7.97. The number of hydrogen-bond acceptors (Lipinski definition) is 3. The summed E-state index contributed by atoms with van der Waals surface area (Å²) in [5.74, 6) is 0.715. The van der Waals surface area contributed by atoms with Crippen molar-refractivity contribution in [3.63, 3.8) is 0 Å². The highest BCUT2D eigenvalue weighted by Crippen LogP contribution is 2.25. The predicted molar refractivity (Wildman–Crippen MR) is 92.5 cm³/mol. The van der Waals surface area contributed by atoms with Crippen LogP contribution < -0.4 is 10.3 Å². The summed E-state index contributed by atoms with van der Waals surface area (Å²) < 4.78 is 0. The topological polar surface area (TPSA) is 44.7 Å². The van der Waals surface area contributed by atoms with E-state index >= 15 is 0 Å². The van der Waals surface area contributed by atoms with Crippen molar-refractivity contribution in [1.82, 2.24) is 5.43 Å². The van der Waals surface area contributed by atoms with E-state index in [2.05, 4.69) is 17.5 Å². The van der Waals surface area contributed by atoms with Gasteiger partial charge in [0, 0.05) is 31.1 Å². The third kappa shape index (κ3) is 4.58. The molecule has 0 aliphatic heterocycles. The number of anilines is 1. The molecule has 0 heterocycles. The van der Waals surface area contributed by atoms with Crippen LogP contribution in [0.5, 0.6) is 0 Å². The zero-order valence-electron chi connectivity index (χ0n) is 13.9. The Kier molecular flexibility index (Phi) is 5.99. The molecule has 0 unspecified atom stereocenters. The molecule has 22 heavy (non-hydrogen) atoms. The first-order chi connectivity index (χ1) is 10.6. The van der Waals surface area contributed by atoms with E-state index in [0.717, 1.165) is 30.2 Å². The summed E-state index contributed by atoms with van der Waals surface area (Å²) in [7, 11) is 3.96. The molecule has 1 N–H and O–H groups in total. The Morgan fingerprint density at radius 3 is 2.41 bits per heavy atom. The molecule has 120 valence electrons. The predicted octanol–water partition coefficient (Wildman–Crippen LogP) is 3.83. The maximum absolute atomic E-state index is 12.1. The van der Waals surface area contributed by atoms with E-state index < -0.39 is 0 Å². The first-order valence-electron chi connectivity index (χ1n) is 8.23. The third-order valence-corrected chi connectivity index (χ3v) is 4.34. The minimum Gasteiger partial charge on any atom is -0.378 e. The molecule has 0 radical (unpaired) electrons. The van der Waals surface area contributed by atoms with Crippen molar-refractivity contribution in [2.75, 3.05) is 19.0 Å². The van der Waals surface area contributed by atoms with E-state index in [9.17, 15) is 4.79 Å². The quantitative estimate of drug-likeness (QED) is 0.840. The number of nitrogens with one attached hydrogen (secondary N) is 1. The lowest BCUT2D eigenvalue weighted by molar-refractivity contribution is 0.0954. The van der Waals surface area contributed by atoms with Crippen LogP contribution >= 0.6 is 0 Å². The zero-order chi connectivity index (χ0) is 15.9. The zero-order valence-corrected chi connectivity index (χ0v) is 13.9. The molecule has 1 saturated carbocycles. The first kappa shape index (κ1) is 16.5. The molecule has 0 aromatic heterocycles. The van der Waals surface area contributed by atoms with Crippen molar-refractivity contribution < 1.29 is 4.79 Å². The average Bonchev–Trinajstić information content (AvgIpc) is 2.54. The summed E-state index contributed by atoms with van der Waals surface area (Å²) in [5.41, 5.74) is 5.56. The van der Waals surface area contributed by atoms with Gasteiger partial charge in [0.15, 0.2) is 0 Å². The van der Waals surface area contributed by atoms with E-state index in [1.54, 1.807) is 0 Å². The summed E-state index contributed by atoms with van der Waals surface area (Å²) in [6.45, 7) is 2.24. The molecule has 0 atom stereocenters. The average molecular weight is 301 g/mol. The fourth-order valence-corrected chi connectivity index (χ4v) is 2.92. The van der Waals surface area contributed by atoms with Gasteiger partial charge >= 0.3 is 0 Å². The van der Waals surface area contributed by atoms with Gasteiger partial charge in [0.25, 0.3) is 5.91 Å². The molecule has 0 spiro atoms. The van der Waals surface area contributed by atoms with Crippen LogP contribution in [0.15, 0.2) is 29.4 Å². The molecular weight excluding hydrogens is 274 g/mol. The van der Waals surface area contributed by atoms with Gasteiger partial charge < -0.3 is 4.90 Å².